The summed E-state index contributed by atoms with van der Waals surface area (Å²) in [5.74, 6) is 0. The van der Waals surface area contributed by atoms with Gasteiger partial charge in [0.15, 0.2) is 0 Å². The van der Waals surface area contributed by atoms with Crippen LogP contribution < -0.4 is 5.73 Å². The number of benzene rings is 2. The molecule has 0 radical (unpaired) electrons. The SMILES string of the molecule is NC(CCN1CCCCC1)c1ccc(Cc2ccccc2)cc1. The van der Waals surface area contributed by atoms with E-state index in [1.165, 1.54) is 49.0 Å². The van der Waals surface area contributed by atoms with E-state index >= 15 is 0 Å². The van der Waals surface area contributed by atoms with Crippen molar-refractivity contribution >= 4 is 0 Å². The zero-order valence-corrected chi connectivity index (χ0v) is 14.0. The molecule has 3 rings (SSSR count). The molecule has 2 nitrogen and oxygen atoms in total. The number of nitrogens with two attached hydrogens (primary N) is 1. The van der Waals surface area contributed by atoms with Gasteiger partial charge in [-0.1, -0.05) is 61.0 Å². The number of piperidine rings is 1. The lowest BCUT2D eigenvalue weighted by molar-refractivity contribution is 0.221. The Labute approximate surface area is 140 Å². The van der Waals surface area contributed by atoms with Gasteiger partial charge in [-0.3, -0.25) is 0 Å². The van der Waals surface area contributed by atoms with Gasteiger partial charge in [-0.15, -0.1) is 0 Å². The van der Waals surface area contributed by atoms with Gasteiger partial charge in [0.2, 0.25) is 0 Å². The maximum absolute atomic E-state index is 6.39. The molecule has 0 saturated carbocycles. The Bertz CT molecular complexity index is 571. The first kappa shape index (κ1) is 16.2. The molecule has 0 aliphatic carbocycles. The molecule has 23 heavy (non-hydrogen) atoms. The molecule has 2 N–H and O–H groups in total. The van der Waals surface area contributed by atoms with E-state index in [-0.39, 0.29) is 6.04 Å². The molecule has 0 spiro atoms. The van der Waals surface area contributed by atoms with E-state index in [1.54, 1.807) is 0 Å². The molecule has 1 heterocycles. The summed E-state index contributed by atoms with van der Waals surface area (Å²) in [6.07, 6.45) is 6.14. The molecule has 2 aromatic carbocycles. The smallest absolute Gasteiger partial charge is 0.0307 e. The van der Waals surface area contributed by atoms with Gasteiger partial charge in [-0.25, -0.2) is 0 Å². The third-order valence-corrected chi connectivity index (χ3v) is 4.86. The molecule has 0 bridgehead atoms. The number of hydrogen-bond acceptors (Lipinski definition) is 2. The van der Waals surface area contributed by atoms with Crippen molar-refractivity contribution in [3.63, 3.8) is 0 Å². The van der Waals surface area contributed by atoms with E-state index in [9.17, 15) is 0 Å². The van der Waals surface area contributed by atoms with Crippen LogP contribution in [0.4, 0.5) is 0 Å². The highest BCUT2D eigenvalue weighted by Gasteiger charge is 2.12. The average Bonchev–Trinajstić information content (AvgIpc) is 2.62. The summed E-state index contributed by atoms with van der Waals surface area (Å²) < 4.78 is 0. The molecule has 0 amide bonds. The van der Waals surface area contributed by atoms with Crippen LogP contribution in [0.1, 0.15) is 48.4 Å². The standard InChI is InChI=1S/C21H28N2/c22-21(13-16-23-14-5-2-6-15-23)20-11-9-19(10-12-20)17-18-7-3-1-4-8-18/h1,3-4,7-12,21H,2,5-6,13-17,22H2. The predicted octanol–water partition coefficient (Wildman–Crippen LogP) is 4.15. The van der Waals surface area contributed by atoms with Gasteiger partial charge < -0.3 is 10.6 Å². The third kappa shape index (κ3) is 4.92. The predicted molar refractivity (Wildman–Crippen MR) is 97.5 cm³/mol. The first-order chi connectivity index (χ1) is 11.3. The fourth-order valence-electron chi connectivity index (χ4n) is 3.39. The fraction of sp³-hybridized carbons (Fsp3) is 0.429. The van der Waals surface area contributed by atoms with E-state index < -0.39 is 0 Å². The summed E-state index contributed by atoms with van der Waals surface area (Å²) in [5, 5.41) is 0. The van der Waals surface area contributed by atoms with E-state index in [2.05, 4.69) is 59.5 Å². The highest BCUT2D eigenvalue weighted by molar-refractivity contribution is 5.29. The molecule has 2 heteroatoms. The molecule has 0 aromatic heterocycles. The molecule has 1 aliphatic rings. The summed E-state index contributed by atoms with van der Waals surface area (Å²) in [5.41, 5.74) is 10.4. The molecule has 1 saturated heterocycles. The van der Waals surface area contributed by atoms with E-state index in [4.69, 9.17) is 5.73 Å². The van der Waals surface area contributed by atoms with Crippen molar-refractivity contribution in [2.24, 2.45) is 5.73 Å². The van der Waals surface area contributed by atoms with Gasteiger partial charge in [0.1, 0.15) is 0 Å². The van der Waals surface area contributed by atoms with E-state index in [0.717, 1.165) is 19.4 Å². The van der Waals surface area contributed by atoms with Crippen molar-refractivity contribution in [1.29, 1.82) is 0 Å². The zero-order chi connectivity index (χ0) is 15.9. The van der Waals surface area contributed by atoms with Crippen LogP contribution in [0.5, 0.6) is 0 Å². The molecular formula is C21H28N2. The van der Waals surface area contributed by atoms with Crippen LogP contribution in [0.2, 0.25) is 0 Å². The highest BCUT2D eigenvalue weighted by atomic mass is 15.1. The van der Waals surface area contributed by atoms with Crippen LogP contribution in [0.25, 0.3) is 0 Å². The highest BCUT2D eigenvalue weighted by Crippen LogP contribution is 2.18. The fourth-order valence-corrected chi connectivity index (χ4v) is 3.39. The minimum Gasteiger partial charge on any atom is -0.324 e. The topological polar surface area (TPSA) is 29.3 Å². The quantitative estimate of drug-likeness (QED) is 0.868. The number of hydrogen-bond donors (Lipinski definition) is 1. The van der Waals surface area contributed by atoms with Crippen molar-refractivity contribution in [3.8, 4) is 0 Å². The van der Waals surface area contributed by atoms with Crippen LogP contribution in [0.15, 0.2) is 54.6 Å². The van der Waals surface area contributed by atoms with Gasteiger partial charge in [0.05, 0.1) is 0 Å². The van der Waals surface area contributed by atoms with Crippen molar-refractivity contribution in [1.82, 2.24) is 4.90 Å². The van der Waals surface area contributed by atoms with Crippen LogP contribution >= 0.6 is 0 Å². The van der Waals surface area contributed by atoms with Crippen LogP contribution in [0, 0.1) is 0 Å². The molecular weight excluding hydrogens is 280 g/mol. The van der Waals surface area contributed by atoms with Crippen molar-refractivity contribution in [2.75, 3.05) is 19.6 Å². The van der Waals surface area contributed by atoms with Gasteiger partial charge in [0, 0.05) is 6.04 Å². The maximum Gasteiger partial charge on any atom is 0.0307 e. The summed E-state index contributed by atoms with van der Waals surface area (Å²) in [7, 11) is 0. The Morgan fingerprint density at radius 1 is 0.826 bits per heavy atom. The van der Waals surface area contributed by atoms with Gasteiger partial charge >= 0.3 is 0 Å². The number of rotatable bonds is 6. The van der Waals surface area contributed by atoms with Crippen molar-refractivity contribution < 1.29 is 0 Å². The zero-order valence-electron chi connectivity index (χ0n) is 14.0. The van der Waals surface area contributed by atoms with Crippen molar-refractivity contribution in [2.45, 2.75) is 38.1 Å². The maximum atomic E-state index is 6.39. The second-order valence-corrected chi connectivity index (χ2v) is 6.70. The molecule has 1 fully saturated rings. The Morgan fingerprint density at radius 2 is 1.48 bits per heavy atom. The molecule has 1 aliphatic heterocycles. The van der Waals surface area contributed by atoms with E-state index in [0.29, 0.717) is 0 Å². The third-order valence-electron chi connectivity index (χ3n) is 4.86. The van der Waals surface area contributed by atoms with Crippen molar-refractivity contribution in [3.05, 3.63) is 71.3 Å². The van der Waals surface area contributed by atoms with Gasteiger partial charge in [-0.2, -0.15) is 0 Å². The lowest BCUT2D eigenvalue weighted by Gasteiger charge is -2.27. The second kappa shape index (κ2) is 8.28. The Morgan fingerprint density at radius 3 is 2.17 bits per heavy atom. The molecule has 2 aromatic rings. The first-order valence-corrected chi connectivity index (χ1v) is 8.92. The monoisotopic (exact) mass is 308 g/mol. The molecule has 1 atom stereocenters. The van der Waals surface area contributed by atoms with Crippen LogP contribution in [-0.2, 0) is 6.42 Å². The molecule has 122 valence electrons. The van der Waals surface area contributed by atoms with Crippen LogP contribution in [-0.4, -0.2) is 24.5 Å². The first-order valence-electron chi connectivity index (χ1n) is 8.92. The van der Waals surface area contributed by atoms with Gasteiger partial charge in [0.25, 0.3) is 0 Å². The summed E-state index contributed by atoms with van der Waals surface area (Å²) in [4.78, 5) is 2.56. The lowest BCUT2D eigenvalue weighted by atomic mass is 9.99. The Balaban J connectivity index is 1.51. The average molecular weight is 308 g/mol. The number of likely N-dealkylation sites (tertiary alicyclic amines) is 1. The molecule has 1 unspecified atom stereocenters. The Hall–Kier alpha value is -1.64. The largest absolute Gasteiger partial charge is 0.324 e. The summed E-state index contributed by atoms with van der Waals surface area (Å²) in [6, 6.07) is 19.6. The summed E-state index contributed by atoms with van der Waals surface area (Å²) in [6.45, 7) is 3.64. The Kier molecular flexibility index (Phi) is 5.84. The lowest BCUT2D eigenvalue weighted by Crippen LogP contribution is -2.32. The number of nitrogens with zero attached hydrogens (tertiary/aromatic N) is 1. The second-order valence-electron chi connectivity index (χ2n) is 6.70. The van der Waals surface area contributed by atoms with Crippen LogP contribution in [0.3, 0.4) is 0 Å². The minimum absolute atomic E-state index is 0.155. The minimum atomic E-state index is 0.155. The van der Waals surface area contributed by atoms with E-state index in [1.807, 2.05) is 0 Å². The normalized spacial score (nSPS) is 17.1. The van der Waals surface area contributed by atoms with Gasteiger partial charge in [-0.05, 0) is 62.0 Å². The summed E-state index contributed by atoms with van der Waals surface area (Å²) >= 11 is 0.